The third-order valence-corrected chi connectivity index (χ3v) is 4.94. The summed E-state index contributed by atoms with van der Waals surface area (Å²) in [6.45, 7) is 3.11. The minimum atomic E-state index is 0. The van der Waals surface area contributed by atoms with E-state index in [0.717, 1.165) is 29.4 Å². The van der Waals surface area contributed by atoms with Gasteiger partial charge in [0.05, 0.1) is 6.20 Å². The number of piperidine rings is 1. The molecular weight excluding hydrogens is 441 g/mol. The summed E-state index contributed by atoms with van der Waals surface area (Å²) in [5, 5.41) is 6.50. The van der Waals surface area contributed by atoms with Gasteiger partial charge in [0.15, 0.2) is 11.7 Å². The maximum Gasteiger partial charge on any atom is 0.220 e. The molecule has 2 N–H and O–H groups in total. The number of carbonyl (C=O) groups excluding carboxylic acids is 1. The van der Waals surface area contributed by atoms with Crippen LogP contribution in [0.1, 0.15) is 32.1 Å². The number of hydrogen-bond acceptors (Lipinski definition) is 4. The van der Waals surface area contributed by atoms with Gasteiger partial charge in [-0.1, -0.05) is 34.1 Å². The van der Waals surface area contributed by atoms with Crippen molar-refractivity contribution in [3.8, 4) is 11.3 Å². The second-order valence-electron chi connectivity index (χ2n) is 6.24. The summed E-state index contributed by atoms with van der Waals surface area (Å²) in [5.41, 5.74) is 0.962. The summed E-state index contributed by atoms with van der Waals surface area (Å²) in [6, 6.07) is 8.58. The summed E-state index contributed by atoms with van der Waals surface area (Å²) in [4.78, 5) is 16.4. The largest absolute Gasteiger partial charge is 0.441 e. The van der Waals surface area contributed by atoms with Crippen molar-refractivity contribution in [1.82, 2.24) is 15.6 Å². The number of aromatic nitrogens is 1. The van der Waals surface area contributed by atoms with E-state index in [-0.39, 0.29) is 36.8 Å². The number of nitrogens with zero attached hydrogens (tertiary/aromatic N) is 1. The average Bonchev–Trinajstić information content (AvgIpc) is 3.02. The number of halogens is 3. The maximum atomic E-state index is 12.1. The summed E-state index contributed by atoms with van der Waals surface area (Å²) in [7, 11) is 0. The zero-order chi connectivity index (χ0) is 16.9. The van der Waals surface area contributed by atoms with E-state index >= 15 is 0 Å². The highest BCUT2D eigenvalue weighted by Crippen LogP contribution is 2.28. The fourth-order valence-electron chi connectivity index (χ4n) is 2.99. The number of hydrogen-bond donors (Lipinski definition) is 2. The highest BCUT2D eigenvalue weighted by atomic mass is 79.9. The van der Waals surface area contributed by atoms with Gasteiger partial charge in [-0.3, -0.25) is 4.79 Å². The molecule has 0 radical (unpaired) electrons. The van der Waals surface area contributed by atoms with Crippen molar-refractivity contribution in [2.75, 3.05) is 6.54 Å². The molecule has 1 saturated heterocycles. The first-order chi connectivity index (χ1) is 11.6. The Morgan fingerprint density at radius 1 is 1.38 bits per heavy atom. The van der Waals surface area contributed by atoms with Crippen LogP contribution in [0.3, 0.4) is 0 Å². The number of aryl methyl sites for hydroxylation is 1. The third-order valence-electron chi connectivity index (χ3n) is 4.25. The second kappa shape index (κ2) is 10.9. The van der Waals surface area contributed by atoms with Crippen molar-refractivity contribution < 1.29 is 9.21 Å². The molecule has 1 aromatic carbocycles. The smallest absolute Gasteiger partial charge is 0.220 e. The Kier molecular flexibility index (Phi) is 9.64. The predicted molar refractivity (Wildman–Crippen MR) is 111 cm³/mol. The molecule has 2 heterocycles. The van der Waals surface area contributed by atoms with E-state index in [2.05, 4.69) is 38.5 Å². The van der Waals surface area contributed by atoms with E-state index in [4.69, 9.17) is 4.42 Å². The van der Waals surface area contributed by atoms with Crippen molar-refractivity contribution in [2.24, 2.45) is 0 Å². The molecule has 1 aromatic heterocycles. The molecule has 1 amide bonds. The Hall–Kier alpha value is -1.08. The summed E-state index contributed by atoms with van der Waals surface area (Å²) < 4.78 is 6.74. The van der Waals surface area contributed by atoms with Gasteiger partial charge in [-0.2, -0.15) is 0 Å². The summed E-state index contributed by atoms with van der Waals surface area (Å²) >= 11 is 3.51. The molecular formula is C18H24BrCl2N3O2. The highest BCUT2D eigenvalue weighted by Gasteiger charge is 2.20. The van der Waals surface area contributed by atoms with E-state index in [1.54, 1.807) is 6.20 Å². The molecule has 2 aromatic rings. The topological polar surface area (TPSA) is 67.2 Å². The lowest BCUT2D eigenvalue weighted by molar-refractivity contribution is -0.122. The Morgan fingerprint density at radius 2 is 2.15 bits per heavy atom. The zero-order valence-corrected chi connectivity index (χ0v) is 17.8. The second-order valence-corrected chi connectivity index (χ2v) is 7.10. The zero-order valence-electron chi connectivity index (χ0n) is 14.5. The van der Waals surface area contributed by atoms with Gasteiger partial charge in [0.25, 0.3) is 0 Å². The van der Waals surface area contributed by atoms with E-state index < -0.39 is 0 Å². The third kappa shape index (κ3) is 6.27. The van der Waals surface area contributed by atoms with Crippen molar-refractivity contribution in [3.63, 3.8) is 0 Å². The first-order valence-corrected chi connectivity index (χ1v) is 9.13. The number of rotatable bonds is 5. The fourth-order valence-corrected chi connectivity index (χ4v) is 3.47. The predicted octanol–water partition coefficient (Wildman–Crippen LogP) is 4.14. The monoisotopic (exact) mass is 463 g/mol. The Balaban J connectivity index is 0.00000169. The first kappa shape index (κ1) is 23.0. The molecule has 2 atom stereocenters. The lowest BCUT2D eigenvalue weighted by Crippen LogP contribution is -2.46. The van der Waals surface area contributed by atoms with Crippen LogP contribution in [-0.2, 0) is 11.2 Å². The molecule has 3 rings (SSSR count). The van der Waals surface area contributed by atoms with Gasteiger partial charge in [-0.25, -0.2) is 4.98 Å². The molecule has 144 valence electrons. The molecule has 26 heavy (non-hydrogen) atoms. The van der Waals surface area contributed by atoms with E-state index in [1.807, 2.05) is 24.3 Å². The summed E-state index contributed by atoms with van der Waals surface area (Å²) in [6.07, 6.45) is 4.59. The Labute approximate surface area is 174 Å². The van der Waals surface area contributed by atoms with Crippen molar-refractivity contribution in [3.05, 3.63) is 40.8 Å². The molecule has 1 aliphatic heterocycles. The van der Waals surface area contributed by atoms with Gasteiger partial charge in [0, 0.05) is 35.0 Å². The van der Waals surface area contributed by atoms with Crippen molar-refractivity contribution >= 4 is 46.7 Å². The van der Waals surface area contributed by atoms with Gasteiger partial charge in [0.1, 0.15) is 0 Å². The van der Waals surface area contributed by atoms with Crippen molar-refractivity contribution in [1.29, 1.82) is 0 Å². The van der Waals surface area contributed by atoms with Gasteiger partial charge in [-0.05, 0) is 32.4 Å². The van der Waals surface area contributed by atoms with Gasteiger partial charge in [0.2, 0.25) is 5.91 Å². The van der Waals surface area contributed by atoms with E-state index in [1.165, 1.54) is 0 Å². The van der Waals surface area contributed by atoms with Gasteiger partial charge >= 0.3 is 0 Å². The molecule has 0 bridgehead atoms. The fraction of sp³-hybridized carbons (Fsp3) is 0.444. The number of nitrogens with one attached hydrogen (secondary N) is 2. The van der Waals surface area contributed by atoms with Crippen LogP contribution in [0.15, 0.2) is 39.4 Å². The van der Waals surface area contributed by atoms with Crippen LogP contribution in [-0.4, -0.2) is 29.5 Å². The quantitative estimate of drug-likeness (QED) is 0.697. The molecule has 0 aliphatic carbocycles. The lowest BCUT2D eigenvalue weighted by Gasteiger charge is -2.28. The molecule has 2 unspecified atom stereocenters. The minimum Gasteiger partial charge on any atom is -0.441 e. The number of benzene rings is 1. The van der Waals surface area contributed by atoms with E-state index in [0.29, 0.717) is 30.5 Å². The molecule has 1 fully saturated rings. The van der Waals surface area contributed by atoms with Crippen LogP contribution in [0.5, 0.6) is 0 Å². The average molecular weight is 465 g/mol. The van der Waals surface area contributed by atoms with Crippen LogP contribution in [0, 0.1) is 0 Å². The number of oxazole rings is 1. The summed E-state index contributed by atoms with van der Waals surface area (Å²) in [5.74, 6) is 1.37. The SMILES string of the molecule is CC1CC(NC(=O)CCc2ncc(-c3ccccc3Br)o2)CCN1.Cl.Cl. The maximum absolute atomic E-state index is 12.1. The van der Waals surface area contributed by atoms with Gasteiger partial charge < -0.3 is 15.1 Å². The highest BCUT2D eigenvalue weighted by molar-refractivity contribution is 9.10. The van der Waals surface area contributed by atoms with Crippen LogP contribution < -0.4 is 10.6 Å². The Morgan fingerprint density at radius 3 is 2.88 bits per heavy atom. The molecule has 0 saturated carbocycles. The molecule has 5 nitrogen and oxygen atoms in total. The molecule has 0 spiro atoms. The van der Waals surface area contributed by atoms with Crippen LogP contribution >= 0.6 is 40.7 Å². The standard InChI is InChI=1S/C18H22BrN3O2.2ClH/c1-12-10-13(8-9-20-12)22-17(23)6-7-18-21-11-16(24-18)14-4-2-3-5-15(14)19;;/h2-5,11-13,20H,6-10H2,1H3,(H,22,23);2*1H. The normalized spacial score (nSPS) is 19.2. The Bertz CT molecular complexity index is 711. The number of amides is 1. The lowest BCUT2D eigenvalue weighted by atomic mass is 10.0. The van der Waals surface area contributed by atoms with Crippen LogP contribution in [0.25, 0.3) is 11.3 Å². The molecule has 1 aliphatic rings. The van der Waals surface area contributed by atoms with E-state index in [9.17, 15) is 4.79 Å². The van der Waals surface area contributed by atoms with Gasteiger partial charge in [-0.15, -0.1) is 24.8 Å². The first-order valence-electron chi connectivity index (χ1n) is 8.34. The number of carbonyl (C=O) groups is 1. The van der Waals surface area contributed by atoms with Crippen LogP contribution in [0.2, 0.25) is 0 Å². The van der Waals surface area contributed by atoms with Crippen molar-refractivity contribution in [2.45, 2.75) is 44.7 Å². The molecule has 8 heteroatoms. The minimum absolute atomic E-state index is 0. The van der Waals surface area contributed by atoms with Crippen LogP contribution in [0.4, 0.5) is 0 Å².